The Morgan fingerprint density at radius 2 is 1.60 bits per heavy atom. The molecule has 1 saturated heterocycles. The molecule has 1 aliphatic heterocycles. The van der Waals surface area contributed by atoms with E-state index in [1.807, 2.05) is 0 Å². The Morgan fingerprint density at radius 1 is 0.960 bits per heavy atom. The summed E-state index contributed by atoms with van der Waals surface area (Å²) < 4.78 is 0. The highest BCUT2D eigenvalue weighted by Gasteiger charge is 2.17. The second kappa shape index (κ2) is 8.82. The lowest BCUT2D eigenvalue weighted by Crippen LogP contribution is -2.37. The van der Waals surface area contributed by atoms with Crippen LogP contribution in [0.1, 0.15) is 37.8 Å². The summed E-state index contributed by atoms with van der Waals surface area (Å²) in [6, 6.07) is 21.8. The predicted molar refractivity (Wildman–Crippen MR) is 106 cm³/mol. The van der Waals surface area contributed by atoms with Crippen LogP contribution in [0.4, 0.5) is 0 Å². The molecule has 1 fully saturated rings. The summed E-state index contributed by atoms with van der Waals surface area (Å²) in [5.74, 6) is 0. The Kier molecular flexibility index (Phi) is 6.24. The van der Waals surface area contributed by atoms with Crippen LogP contribution in [0.25, 0.3) is 0 Å². The molecule has 1 aliphatic rings. The third-order valence-electron chi connectivity index (χ3n) is 4.65. The van der Waals surface area contributed by atoms with Gasteiger partial charge < -0.3 is 0 Å². The highest BCUT2D eigenvalue weighted by Crippen LogP contribution is 2.15. The zero-order chi connectivity index (χ0) is 17.5. The summed E-state index contributed by atoms with van der Waals surface area (Å²) in [7, 11) is 0. The second-order valence-corrected chi connectivity index (χ2v) is 7.14. The van der Waals surface area contributed by atoms with Crippen LogP contribution in [0.5, 0.6) is 0 Å². The highest BCUT2D eigenvalue weighted by molar-refractivity contribution is 5.86. The number of rotatable bonds is 6. The van der Waals surface area contributed by atoms with E-state index in [4.69, 9.17) is 5.10 Å². The van der Waals surface area contributed by atoms with Gasteiger partial charge in [0.15, 0.2) is 0 Å². The molecular weight excluding hydrogens is 306 g/mol. The van der Waals surface area contributed by atoms with Gasteiger partial charge in [0, 0.05) is 19.1 Å². The summed E-state index contributed by atoms with van der Waals surface area (Å²) in [5, 5.41) is 7.26. The first-order valence-electron chi connectivity index (χ1n) is 9.34. The molecule has 0 radical (unpaired) electrons. The topological polar surface area (TPSA) is 18.8 Å². The molecule has 0 saturated carbocycles. The first-order valence-corrected chi connectivity index (χ1v) is 9.34. The number of hydrogen-bond donors (Lipinski definition) is 0. The number of benzene rings is 2. The average Bonchev–Trinajstić information content (AvgIpc) is 2.63. The van der Waals surface area contributed by atoms with Crippen LogP contribution in [-0.4, -0.2) is 34.8 Å². The monoisotopic (exact) mass is 335 g/mol. The van der Waals surface area contributed by atoms with Gasteiger partial charge in [-0.3, -0.25) is 9.91 Å². The van der Waals surface area contributed by atoms with E-state index in [0.29, 0.717) is 6.04 Å². The number of hydrazone groups is 1. The second-order valence-electron chi connectivity index (χ2n) is 7.14. The SMILES string of the molecule is CC(C)N(Cc1ccccc1)/N=C1\CCCN(Cc2ccccc2)C1. The van der Waals surface area contributed by atoms with Crippen LogP contribution in [0, 0.1) is 0 Å². The van der Waals surface area contributed by atoms with E-state index in [1.54, 1.807) is 0 Å². The minimum atomic E-state index is 0.400. The Bertz CT molecular complexity index is 664. The van der Waals surface area contributed by atoms with Crippen molar-refractivity contribution in [2.75, 3.05) is 13.1 Å². The largest absolute Gasteiger partial charge is 0.294 e. The fourth-order valence-electron chi connectivity index (χ4n) is 3.27. The molecule has 132 valence electrons. The van der Waals surface area contributed by atoms with Crippen LogP contribution in [0.3, 0.4) is 0 Å². The summed E-state index contributed by atoms with van der Waals surface area (Å²) >= 11 is 0. The zero-order valence-electron chi connectivity index (χ0n) is 15.4. The fraction of sp³-hybridized carbons (Fsp3) is 0.409. The third-order valence-corrected chi connectivity index (χ3v) is 4.65. The molecule has 0 N–H and O–H groups in total. The highest BCUT2D eigenvalue weighted by atomic mass is 15.5. The molecule has 2 aromatic rings. The molecule has 3 nitrogen and oxygen atoms in total. The van der Waals surface area contributed by atoms with Crippen molar-refractivity contribution < 1.29 is 0 Å². The van der Waals surface area contributed by atoms with Crippen molar-refractivity contribution in [3.05, 3.63) is 71.8 Å². The lowest BCUT2D eigenvalue weighted by molar-refractivity contribution is 0.216. The number of nitrogens with zero attached hydrogens (tertiary/aromatic N) is 3. The quantitative estimate of drug-likeness (QED) is 0.721. The Morgan fingerprint density at radius 3 is 2.24 bits per heavy atom. The molecule has 0 spiro atoms. The van der Waals surface area contributed by atoms with Gasteiger partial charge in [0.1, 0.15) is 0 Å². The molecule has 1 heterocycles. The van der Waals surface area contributed by atoms with Crippen molar-refractivity contribution >= 4 is 5.71 Å². The van der Waals surface area contributed by atoms with Gasteiger partial charge in [-0.25, -0.2) is 0 Å². The molecule has 2 aromatic carbocycles. The number of likely N-dealkylation sites (tertiary alicyclic amines) is 1. The molecule has 3 heteroatoms. The van der Waals surface area contributed by atoms with Crippen LogP contribution in [0.2, 0.25) is 0 Å². The normalized spacial score (nSPS) is 17.2. The molecular formula is C22H29N3. The zero-order valence-corrected chi connectivity index (χ0v) is 15.4. The standard InChI is InChI=1S/C22H29N3/c1-19(2)25(17-21-12-7-4-8-13-21)23-22-14-9-15-24(18-22)16-20-10-5-3-6-11-20/h3-8,10-13,19H,9,14-18H2,1-2H3/b23-22+. The van der Waals surface area contributed by atoms with Crippen LogP contribution in [-0.2, 0) is 13.1 Å². The molecule has 0 bridgehead atoms. The minimum absolute atomic E-state index is 0.400. The van der Waals surface area contributed by atoms with E-state index in [-0.39, 0.29) is 0 Å². The number of hydrogen-bond acceptors (Lipinski definition) is 3. The average molecular weight is 335 g/mol. The summed E-state index contributed by atoms with van der Waals surface area (Å²) in [6.45, 7) is 8.47. The van der Waals surface area contributed by atoms with Crippen LogP contribution in [0.15, 0.2) is 65.8 Å². The van der Waals surface area contributed by atoms with Crippen molar-refractivity contribution in [2.45, 2.75) is 45.8 Å². The molecule has 3 rings (SSSR count). The van der Waals surface area contributed by atoms with Gasteiger partial charge in [-0.2, -0.15) is 5.10 Å². The molecule has 25 heavy (non-hydrogen) atoms. The fourth-order valence-corrected chi connectivity index (χ4v) is 3.27. The van der Waals surface area contributed by atoms with E-state index in [2.05, 4.69) is 84.4 Å². The summed E-state index contributed by atoms with van der Waals surface area (Å²) in [5.41, 5.74) is 4.01. The van der Waals surface area contributed by atoms with E-state index >= 15 is 0 Å². The lowest BCUT2D eigenvalue weighted by atomic mass is 10.1. The van der Waals surface area contributed by atoms with Crippen molar-refractivity contribution in [3.63, 3.8) is 0 Å². The summed E-state index contributed by atoms with van der Waals surface area (Å²) in [4.78, 5) is 2.51. The first-order chi connectivity index (χ1) is 12.2. The minimum Gasteiger partial charge on any atom is -0.294 e. The van der Waals surface area contributed by atoms with E-state index < -0.39 is 0 Å². The van der Waals surface area contributed by atoms with Crippen molar-refractivity contribution in [1.29, 1.82) is 0 Å². The maximum atomic E-state index is 5.03. The van der Waals surface area contributed by atoms with Gasteiger partial charge in [-0.15, -0.1) is 0 Å². The summed E-state index contributed by atoms with van der Waals surface area (Å²) in [6.07, 6.45) is 2.31. The number of piperidine rings is 1. The van der Waals surface area contributed by atoms with Gasteiger partial charge in [0.05, 0.1) is 12.3 Å². The Hall–Kier alpha value is -2.13. The van der Waals surface area contributed by atoms with Crippen molar-refractivity contribution in [1.82, 2.24) is 9.91 Å². The van der Waals surface area contributed by atoms with Crippen molar-refractivity contribution in [2.24, 2.45) is 5.10 Å². The molecule has 0 unspecified atom stereocenters. The predicted octanol–water partition coefficient (Wildman–Crippen LogP) is 4.55. The van der Waals surface area contributed by atoms with Crippen LogP contribution >= 0.6 is 0 Å². The molecule has 0 aliphatic carbocycles. The molecule has 0 amide bonds. The Labute approximate surface area is 152 Å². The smallest absolute Gasteiger partial charge is 0.0613 e. The van der Waals surface area contributed by atoms with Gasteiger partial charge in [0.25, 0.3) is 0 Å². The Balaban J connectivity index is 1.65. The molecule has 0 atom stereocenters. The van der Waals surface area contributed by atoms with Gasteiger partial charge in [0.2, 0.25) is 0 Å². The van der Waals surface area contributed by atoms with Crippen LogP contribution < -0.4 is 0 Å². The van der Waals surface area contributed by atoms with E-state index in [0.717, 1.165) is 32.6 Å². The third kappa shape index (κ3) is 5.43. The van der Waals surface area contributed by atoms with E-state index in [9.17, 15) is 0 Å². The van der Waals surface area contributed by atoms with Gasteiger partial charge >= 0.3 is 0 Å². The van der Waals surface area contributed by atoms with E-state index in [1.165, 1.54) is 23.3 Å². The van der Waals surface area contributed by atoms with Gasteiger partial charge in [-0.05, 0) is 44.4 Å². The first kappa shape index (κ1) is 17.7. The lowest BCUT2D eigenvalue weighted by Gasteiger charge is -2.31. The van der Waals surface area contributed by atoms with Crippen molar-refractivity contribution in [3.8, 4) is 0 Å². The molecule has 0 aromatic heterocycles. The maximum absolute atomic E-state index is 5.03. The maximum Gasteiger partial charge on any atom is 0.0613 e. The van der Waals surface area contributed by atoms with Gasteiger partial charge in [-0.1, -0.05) is 60.7 Å².